The predicted octanol–water partition coefficient (Wildman–Crippen LogP) is 2.75. The summed E-state index contributed by atoms with van der Waals surface area (Å²) in [6, 6.07) is 5.38. The Bertz CT molecular complexity index is 429. The lowest BCUT2D eigenvalue weighted by molar-refractivity contribution is -0.135. The molecule has 5 heteroatoms. The summed E-state index contributed by atoms with van der Waals surface area (Å²) in [6.07, 6.45) is 0. The number of alkyl halides is 1. The topological polar surface area (TPSA) is 46.2 Å². The first-order chi connectivity index (χ1) is 7.87. The van der Waals surface area contributed by atoms with Gasteiger partial charge < -0.3 is 5.32 Å². The molecule has 0 fully saturated rings. The predicted molar refractivity (Wildman–Crippen MR) is 67.6 cm³/mol. The van der Waals surface area contributed by atoms with Crippen molar-refractivity contribution in [1.82, 2.24) is 0 Å². The van der Waals surface area contributed by atoms with Crippen molar-refractivity contribution in [3.63, 3.8) is 0 Å². The fraction of sp³-hybridized carbons (Fsp3) is 0.333. The number of carbonyl (C=O) groups is 2. The summed E-state index contributed by atoms with van der Waals surface area (Å²) in [5, 5.41) is 2.70. The molecule has 1 rings (SSSR count). The van der Waals surface area contributed by atoms with E-state index in [0.29, 0.717) is 5.69 Å². The van der Waals surface area contributed by atoms with Gasteiger partial charge in [-0.25, -0.2) is 4.39 Å². The molecule has 1 amide bonds. The van der Waals surface area contributed by atoms with Crippen molar-refractivity contribution in [2.24, 2.45) is 5.41 Å². The standard InChI is InChI=1S/C12H13BrFNO2/c1-12(2,10(16)7-13)11(17)15-9-5-3-8(14)4-6-9/h3-6H,7H2,1-2H3,(H,15,17). The molecule has 0 saturated carbocycles. The van der Waals surface area contributed by atoms with Crippen molar-refractivity contribution >= 4 is 33.3 Å². The number of nitrogens with one attached hydrogen (secondary N) is 1. The lowest BCUT2D eigenvalue weighted by atomic mass is 9.88. The van der Waals surface area contributed by atoms with Gasteiger partial charge in [-0.15, -0.1) is 0 Å². The highest BCUT2D eigenvalue weighted by atomic mass is 79.9. The molecule has 0 atom stereocenters. The molecule has 17 heavy (non-hydrogen) atoms. The van der Waals surface area contributed by atoms with E-state index in [9.17, 15) is 14.0 Å². The second kappa shape index (κ2) is 5.40. The lowest BCUT2D eigenvalue weighted by Crippen LogP contribution is -2.38. The highest BCUT2D eigenvalue weighted by Crippen LogP contribution is 2.21. The third-order valence-electron chi connectivity index (χ3n) is 2.49. The average Bonchev–Trinajstić information content (AvgIpc) is 2.30. The summed E-state index contributed by atoms with van der Waals surface area (Å²) in [4.78, 5) is 23.4. The molecule has 3 nitrogen and oxygen atoms in total. The fourth-order valence-electron chi connectivity index (χ4n) is 1.11. The van der Waals surface area contributed by atoms with E-state index in [0.717, 1.165) is 0 Å². The monoisotopic (exact) mass is 301 g/mol. The van der Waals surface area contributed by atoms with E-state index in [2.05, 4.69) is 21.2 Å². The van der Waals surface area contributed by atoms with Crippen molar-refractivity contribution in [2.45, 2.75) is 13.8 Å². The Balaban J connectivity index is 2.79. The Morgan fingerprint density at radius 2 is 1.82 bits per heavy atom. The number of Topliss-reactive ketones (excluding diaryl/α,β-unsaturated/α-hetero) is 1. The van der Waals surface area contributed by atoms with E-state index in [1.165, 1.54) is 24.3 Å². The molecule has 92 valence electrons. The van der Waals surface area contributed by atoms with Gasteiger partial charge >= 0.3 is 0 Å². The maximum atomic E-state index is 12.7. The molecule has 0 heterocycles. The number of hydrogen-bond donors (Lipinski definition) is 1. The van der Waals surface area contributed by atoms with Crippen LogP contribution in [0.15, 0.2) is 24.3 Å². The zero-order chi connectivity index (χ0) is 13.1. The number of amides is 1. The van der Waals surface area contributed by atoms with Crippen LogP contribution in [0.4, 0.5) is 10.1 Å². The van der Waals surface area contributed by atoms with Gasteiger partial charge in [-0.05, 0) is 38.1 Å². The van der Waals surface area contributed by atoms with Crippen LogP contribution in [0, 0.1) is 11.2 Å². The van der Waals surface area contributed by atoms with Gasteiger partial charge in [0.1, 0.15) is 11.2 Å². The smallest absolute Gasteiger partial charge is 0.237 e. The van der Waals surface area contributed by atoms with Crippen LogP contribution < -0.4 is 5.32 Å². The minimum absolute atomic E-state index is 0.122. The number of hydrogen-bond acceptors (Lipinski definition) is 2. The van der Waals surface area contributed by atoms with Crippen LogP contribution in [0.25, 0.3) is 0 Å². The van der Waals surface area contributed by atoms with Crippen molar-refractivity contribution < 1.29 is 14.0 Å². The highest BCUT2D eigenvalue weighted by Gasteiger charge is 2.34. The quantitative estimate of drug-likeness (QED) is 0.686. The van der Waals surface area contributed by atoms with Gasteiger partial charge in [0.25, 0.3) is 0 Å². The minimum Gasteiger partial charge on any atom is -0.325 e. The summed E-state index contributed by atoms with van der Waals surface area (Å²) >= 11 is 3.03. The van der Waals surface area contributed by atoms with Crippen molar-refractivity contribution in [3.8, 4) is 0 Å². The summed E-state index contributed by atoms with van der Waals surface area (Å²) in [5.74, 6) is -0.996. The number of ketones is 1. The van der Waals surface area contributed by atoms with Crippen LogP contribution in [0.5, 0.6) is 0 Å². The molecule has 1 N–H and O–H groups in total. The Morgan fingerprint density at radius 1 is 1.29 bits per heavy atom. The van der Waals surface area contributed by atoms with Gasteiger partial charge in [-0.2, -0.15) is 0 Å². The minimum atomic E-state index is -1.11. The zero-order valence-corrected chi connectivity index (χ0v) is 11.2. The Kier molecular flexibility index (Phi) is 4.40. The third kappa shape index (κ3) is 3.36. The molecule has 0 aliphatic carbocycles. The first-order valence-electron chi connectivity index (χ1n) is 5.04. The van der Waals surface area contributed by atoms with Gasteiger partial charge in [0.15, 0.2) is 5.78 Å². The molecule has 1 aromatic rings. The normalized spacial score (nSPS) is 11.1. The number of carbonyl (C=O) groups excluding carboxylic acids is 2. The summed E-state index contributed by atoms with van der Waals surface area (Å²) in [7, 11) is 0. The molecule has 0 unspecified atom stereocenters. The van der Waals surface area contributed by atoms with E-state index in [4.69, 9.17) is 0 Å². The second-order valence-electron chi connectivity index (χ2n) is 4.14. The van der Waals surface area contributed by atoms with E-state index < -0.39 is 11.3 Å². The fourth-order valence-corrected chi connectivity index (χ4v) is 1.82. The lowest BCUT2D eigenvalue weighted by Gasteiger charge is -2.21. The van der Waals surface area contributed by atoms with E-state index in [1.807, 2.05) is 0 Å². The zero-order valence-electron chi connectivity index (χ0n) is 9.59. The van der Waals surface area contributed by atoms with Gasteiger partial charge in [-0.3, -0.25) is 9.59 Å². The summed E-state index contributed by atoms with van der Waals surface area (Å²) in [5.41, 5.74) is -0.649. The maximum Gasteiger partial charge on any atom is 0.237 e. The van der Waals surface area contributed by atoms with Crippen LogP contribution >= 0.6 is 15.9 Å². The Labute approximate surface area is 108 Å². The number of benzene rings is 1. The van der Waals surface area contributed by atoms with Crippen LogP contribution in [-0.4, -0.2) is 17.0 Å². The van der Waals surface area contributed by atoms with Crippen molar-refractivity contribution in [2.75, 3.05) is 10.6 Å². The van der Waals surface area contributed by atoms with Gasteiger partial charge in [-0.1, -0.05) is 15.9 Å². The molecule has 1 aromatic carbocycles. The average molecular weight is 302 g/mol. The van der Waals surface area contributed by atoms with Crippen molar-refractivity contribution in [1.29, 1.82) is 0 Å². The largest absolute Gasteiger partial charge is 0.325 e. The van der Waals surface area contributed by atoms with E-state index >= 15 is 0 Å². The van der Waals surface area contributed by atoms with Gasteiger partial charge in [0.2, 0.25) is 5.91 Å². The van der Waals surface area contributed by atoms with Gasteiger partial charge in [0.05, 0.1) is 5.33 Å². The third-order valence-corrected chi connectivity index (χ3v) is 3.00. The second-order valence-corrected chi connectivity index (χ2v) is 4.70. The Hall–Kier alpha value is -1.23. The molecule has 0 radical (unpaired) electrons. The number of anilines is 1. The molecule has 0 bridgehead atoms. The first kappa shape index (κ1) is 13.8. The van der Waals surface area contributed by atoms with Crippen LogP contribution in [0.1, 0.15) is 13.8 Å². The van der Waals surface area contributed by atoms with Crippen molar-refractivity contribution in [3.05, 3.63) is 30.1 Å². The molecular weight excluding hydrogens is 289 g/mol. The van der Waals surface area contributed by atoms with Crippen LogP contribution in [0.2, 0.25) is 0 Å². The van der Waals surface area contributed by atoms with E-state index in [1.54, 1.807) is 13.8 Å². The van der Waals surface area contributed by atoms with Crippen LogP contribution in [-0.2, 0) is 9.59 Å². The molecule has 0 aliphatic heterocycles. The van der Waals surface area contributed by atoms with Crippen LogP contribution in [0.3, 0.4) is 0 Å². The summed E-state index contributed by atoms with van der Waals surface area (Å²) < 4.78 is 12.7. The number of rotatable bonds is 4. The molecule has 0 aromatic heterocycles. The maximum absolute atomic E-state index is 12.7. The molecular formula is C12H13BrFNO2. The molecule has 0 saturated heterocycles. The van der Waals surface area contributed by atoms with E-state index in [-0.39, 0.29) is 16.9 Å². The number of halogens is 2. The molecule has 0 spiro atoms. The Morgan fingerprint density at radius 3 is 2.29 bits per heavy atom. The summed E-state index contributed by atoms with van der Waals surface area (Å²) in [6.45, 7) is 3.10. The first-order valence-corrected chi connectivity index (χ1v) is 6.16. The SMILES string of the molecule is CC(C)(C(=O)CBr)C(=O)Nc1ccc(F)cc1. The highest BCUT2D eigenvalue weighted by molar-refractivity contribution is 9.09. The van der Waals surface area contributed by atoms with Gasteiger partial charge in [0, 0.05) is 5.69 Å². The molecule has 0 aliphatic rings.